The highest BCUT2D eigenvalue weighted by Gasteiger charge is 2.32. The number of allylic oxidation sites excluding steroid dienone is 2. The van der Waals surface area contributed by atoms with Crippen LogP contribution in [0.4, 0.5) is 0 Å². The third kappa shape index (κ3) is 9.26. The highest BCUT2D eigenvalue weighted by atomic mass is 32.1. The Labute approximate surface area is 212 Å². The number of terminal acetylenes is 1. The lowest BCUT2D eigenvalue weighted by Gasteiger charge is -2.19. The van der Waals surface area contributed by atoms with Crippen molar-refractivity contribution in [2.45, 2.75) is 110 Å². The molecule has 0 bridgehead atoms. The number of rotatable bonds is 17. The molecule has 0 N–H and O–H groups in total. The van der Waals surface area contributed by atoms with E-state index < -0.39 is 0 Å². The second-order valence-electron chi connectivity index (χ2n) is 9.44. The maximum Gasteiger partial charge on any atom is 0.167 e. The zero-order valence-electron chi connectivity index (χ0n) is 21.8. The fourth-order valence-electron chi connectivity index (χ4n) is 4.31. The third-order valence-electron chi connectivity index (χ3n) is 6.45. The van der Waals surface area contributed by atoms with E-state index in [9.17, 15) is 0 Å². The summed E-state index contributed by atoms with van der Waals surface area (Å²) in [5, 5.41) is 2.76. The molecule has 1 aliphatic carbocycles. The van der Waals surface area contributed by atoms with Crippen LogP contribution >= 0.6 is 11.3 Å². The molecule has 1 heterocycles. The number of nitrogens with zero attached hydrogens (tertiary/aromatic N) is 2. The van der Waals surface area contributed by atoms with Crippen LogP contribution in [0.2, 0.25) is 0 Å². The zero-order chi connectivity index (χ0) is 24.8. The van der Waals surface area contributed by atoms with E-state index >= 15 is 0 Å². The zero-order valence-corrected chi connectivity index (χ0v) is 22.6. The largest absolute Gasteiger partial charge is 0.485 e. The highest BCUT2D eigenvalue weighted by Crippen LogP contribution is 2.36. The minimum atomic E-state index is -0.161. The van der Waals surface area contributed by atoms with Crippen molar-refractivity contribution in [1.82, 2.24) is 4.98 Å². The molecular weight excluding hydrogens is 436 g/mol. The monoisotopic (exact) mass is 480 g/mol. The normalized spacial score (nSPS) is 16.8. The van der Waals surface area contributed by atoms with Crippen molar-refractivity contribution >= 4 is 22.6 Å². The fraction of sp³-hybridized carbons (Fsp3) is 0.600. The lowest BCUT2D eigenvalue weighted by Crippen LogP contribution is -2.21. The van der Waals surface area contributed by atoms with Gasteiger partial charge in [0, 0.05) is 18.2 Å². The molecule has 0 radical (unpaired) electrons. The first-order valence-corrected chi connectivity index (χ1v) is 14.0. The van der Waals surface area contributed by atoms with Gasteiger partial charge in [0.25, 0.3) is 0 Å². The summed E-state index contributed by atoms with van der Waals surface area (Å²) < 4.78 is 6.41. The Morgan fingerprint density at radius 1 is 1.09 bits per heavy atom. The number of ether oxygens (including phenoxy) is 1. The van der Waals surface area contributed by atoms with Crippen LogP contribution in [0.5, 0.6) is 0 Å². The molecule has 3 nitrogen and oxygen atoms in total. The number of aromatic nitrogens is 1. The van der Waals surface area contributed by atoms with Gasteiger partial charge >= 0.3 is 0 Å². The van der Waals surface area contributed by atoms with E-state index in [0.717, 1.165) is 42.8 Å². The molecule has 1 aromatic rings. The summed E-state index contributed by atoms with van der Waals surface area (Å²) in [5.41, 5.74) is 5.57. The van der Waals surface area contributed by atoms with Gasteiger partial charge in [0.2, 0.25) is 0 Å². The average molecular weight is 481 g/mol. The Hall–Kier alpha value is -2.12. The Morgan fingerprint density at radius 3 is 2.35 bits per heavy atom. The van der Waals surface area contributed by atoms with Gasteiger partial charge in [-0.1, -0.05) is 83.9 Å². The number of hydrogen-bond donors (Lipinski definition) is 0. The van der Waals surface area contributed by atoms with Crippen LogP contribution in [0.25, 0.3) is 5.57 Å². The maximum absolute atomic E-state index is 6.41. The van der Waals surface area contributed by atoms with Crippen molar-refractivity contribution in [3.8, 4) is 12.3 Å². The molecule has 0 aromatic carbocycles. The molecular formula is C30H44N2OS. The van der Waals surface area contributed by atoms with E-state index in [1.165, 1.54) is 85.8 Å². The minimum absolute atomic E-state index is 0.161. The van der Waals surface area contributed by atoms with E-state index in [2.05, 4.69) is 44.8 Å². The molecule has 2 rings (SSSR count). The van der Waals surface area contributed by atoms with Gasteiger partial charge in [0.15, 0.2) is 11.1 Å². The van der Waals surface area contributed by atoms with Crippen LogP contribution in [-0.2, 0) is 4.74 Å². The van der Waals surface area contributed by atoms with Crippen LogP contribution in [0.15, 0.2) is 40.4 Å². The summed E-state index contributed by atoms with van der Waals surface area (Å²) in [6, 6.07) is 0. The van der Waals surface area contributed by atoms with E-state index in [-0.39, 0.29) is 6.10 Å². The molecule has 1 aliphatic rings. The van der Waals surface area contributed by atoms with Crippen LogP contribution in [0.3, 0.4) is 0 Å². The predicted octanol–water partition coefficient (Wildman–Crippen LogP) is 8.92. The standard InChI is InChI=1S/C30H44N2OS/c1-7-10-12-14-16-18-23(4)21-31-27-20-26(28-22-34-29(9-3)32-28)25(6)30(27)33-24(5)19-17-15-13-11-8-2/h3,22,30H,4-5,7-8,10-21H2,1-2,6H3/b31-27+. The van der Waals surface area contributed by atoms with Crippen molar-refractivity contribution in [3.63, 3.8) is 0 Å². The Kier molecular flexibility index (Phi) is 13.0. The maximum atomic E-state index is 6.41. The molecule has 1 atom stereocenters. The summed E-state index contributed by atoms with van der Waals surface area (Å²) in [7, 11) is 0. The SMILES string of the molecule is C#Cc1nc(C2=C(C)C(OC(=C)CCCCCCC)/C(=N/CC(=C)CCCCCCC)C2)cs1. The number of thiazole rings is 1. The third-order valence-corrected chi connectivity index (χ3v) is 7.22. The van der Waals surface area contributed by atoms with E-state index in [0.29, 0.717) is 11.6 Å². The summed E-state index contributed by atoms with van der Waals surface area (Å²) in [5.74, 6) is 3.50. The number of hydrogen-bond acceptors (Lipinski definition) is 4. The quantitative estimate of drug-likeness (QED) is 0.0965. The van der Waals surface area contributed by atoms with Gasteiger partial charge in [-0.2, -0.15) is 0 Å². The van der Waals surface area contributed by atoms with E-state index in [1.807, 2.05) is 5.38 Å². The summed E-state index contributed by atoms with van der Waals surface area (Å²) in [6.45, 7) is 15.8. The Balaban J connectivity index is 2.03. The predicted molar refractivity (Wildman–Crippen MR) is 149 cm³/mol. The van der Waals surface area contributed by atoms with E-state index in [4.69, 9.17) is 16.2 Å². The van der Waals surface area contributed by atoms with Crippen LogP contribution in [0.1, 0.15) is 115 Å². The van der Waals surface area contributed by atoms with Crippen LogP contribution in [-0.4, -0.2) is 23.3 Å². The number of aliphatic imine (C=N–C) groups is 1. The van der Waals surface area contributed by atoms with Crippen LogP contribution < -0.4 is 0 Å². The van der Waals surface area contributed by atoms with Crippen molar-refractivity contribution in [2.24, 2.45) is 4.99 Å². The summed E-state index contributed by atoms with van der Waals surface area (Å²) in [4.78, 5) is 9.61. The number of unbranched alkanes of at least 4 members (excludes halogenated alkanes) is 8. The average Bonchev–Trinajstić information content (AvgIpc) is 3.42. The van der Waals surface area contributed by atoms with Crippen molar-refractivity contribution in [2.75, 3.05) is 6.54 Å². The molecule has 1 aromatic heterocycles. The fourth-order valence-corrected chi connectivity index (χ4v) is 4.95. The molecule has 34 heavy (non-hydrogen) atoms. The van der Waals surface area contributed by atoms with Gasteiger partial charge in [-0.3, -0.25) is 4.99 Å². The molecule has 0 saturated heterocycles. The van der Waals surface area contributed by atoms with Gasteiger partial charge in [-0.15, -0.1) is 17.8 Å². The van der Waals surface area contributed by atoms with Crippen LogP contribution in [0, 0.1) is 12.3 Å². The molecule has 1 unspecified atom stereocenters. The van der Waals surface area contributed by atoms with Gasteiger partial charge < -0.3 is 4.74 Å². The smallest absolute Gasteiger partial charge is 0.167 e. The first-order chi connectivity index (χ1) is 16.5. The van der Waals surface area contributed by atoms with Gasteiger partial charge in [0.05, 0.1) is 23.7 Å². The second kappa shape index (κ2) is 15.7. The van der Waals surface area contributed by atoms with E-state index in [1.54, 1.807) is 0 Å². The molecule has 0 fully saturated rings. The van der Waals surface area contributed by atoms with Crippen molar-refractivity contribution in [1.29, 1.82) is 0 Å². The summed E-state index contributed by atoms with van der Waals surface area (Å²) >= 11 is 1.51. The lowest BCUT2D eigenvalue weighted by molar-refractivity contribution is 0.188. The Morgan fingerprint density at radius 2 is 1.74 bits per heavy atom. The molecule has 4 heteroatoms. The molecule has 186 valence electrons. The minimum Gasteiger partial charge on any atom is -0.485 e. The van der Waals surface area contributed by atoms with Gasteiger partial charge in [0.1, 0.15) is 0 Å². The molecule has 0 aliphatic heterocycles. The Bertz CT molecular complexity index is 899. The summed E-state index contributed by atoms with van der Waals surface area (Å²) in [6.07, 6.45) is 20.7. The van der Waals surface area contributed by atoms with Crippen molar-refractivity contribution < 1.29 is 4.74 Å². The highest BCUT2D eigenvalue weighted by molar-refractivity contribution is 7.10. The first kappa shape index (κ1) is 28.1. The van der Waals surface area contributed by atoms with Crippen molar-refractivity contribution in [3.05, 3.63) is 46.1 Å². The van der Waals surface area contributed by atoms with Gasteiger partial charge in [-0.25, -0.2) is 4.98 Å². The molecule has 0 amide bonds. The molecule has 0 saturated carbocycles. The second-order valence-corrected chi connectivity index (χ2v) is 10.3. The first-order valence-electron chi connectivity index (χ1n) is 13.2. The topological polar surface area (TPSA) is 34.5 Å². The lowest BCUT2D eigenvalue weighted by atomic mass is 10.1. The molecule has 0 spiro atoms. The van der Waals surface area contributed by atoms with Gasteiger partial charge in [-0.05, 0) is 43.3 Å².